The maximum absolute atomic E-state index is 11.6. The molecule has 3 rings (SSSR count). The van der Waals surface area contributed by atoms with E-state index in [1.807, 2.05) is 18.2 Å². The highest BCUT2D eigenvalue weighted by atomic mass is 32.2. The summed E-state index contributed by atoms with van der Waals surface area (Å²) in [6.45, 7) is 2.02. The Kier molecular flexibility index (Phi) is 8.62. The van der Waals surface area contributed by atoms with Gasteiger partial charge in [-0.25, -0.2) is 4.79 Å². The lowest BCUT2D eigenvalue weighted by Crippen LogP contribution is -2.11. The van der Waals surface area contributed by atoms with Crippen molar-refractivity contribution < 1.29 is 14.4 Å². The van der Waals surface area contributed by atoms with E-state index >= 15 is 0 Å². The van der Waals surface area contributed by atoms with Crippen LogP contribution in [-0.2, 0) is 9.57 Å². The number of rotatable bonds is 8. The van der Waals surface area contributed by atoms with Crippen LogP contribution in [-0.4, -0.2) is 18.5 Å². The van der Waals surface area contributed by atoms with E-state index in [1.165, 1.54) is 37.0 Å². The molecule has 1 aliphatic rings. The second-order valence-corrected chi connectivity index (χ2v) is 8.44. The third-order valence-corrected chi connectivity index (χ3v) is 6.19. The molecule has 0 saturated heterocycles. The summed E-state index contributed by atoms with van der Waals surface area (Å²) in [4.78, 5) is 18.9. The highest BCUT2D eigenvalue weighted by molar-refractivity contribution is 7.99. The smallest absolute Gasteiger partial charge is 0.433 e. The fourth-order valence-electron chi connectivity index (χ4n) is 3.64. The standard InChI is InChI=1S/C24H29NO3S/c1-2-27-24(26)28-25-23(18-13-19-9-5-3-6-10-19)20-14-16-22(17-15-20)29-21-11-7-4-8-12-21/h4,7-8,11-12,14-17,19H,2-3,5-6,9-10,13,18H2,1H3. The first-order valence-electron chi connectivity index (χ1n) is 10.5. The molecule has 0 heterocycles. The number of nitrogens with zero attached hydrogens (tertiary/aromatic N) is 1. The van der Waals surface area contributed by atoms with Crippen LogP contribution in [0.4, 0.5) is 4.79 Å². The zero-order valence-corrected chi connectivity index (χ0v) is 17.8. The molecule has 2 aromatic rings. The van der Waals surface area contributed by atoms with Crippen LogP contribution in [0.25, 0.3) is 0 Å². The minimum absolute atomic E-state index is 0.275. The maximum atomic E-state index is 11.6. The average Bonchev–Trinajstić information content (AvgIpc) is 2.76. The van der Waals surface area contributed by atoms with E-state index in [4.69, 9.17) is 9.57 Å². The zero-order chi connectivity index (χ0) is 20.3. The summed E-state index contributed by atoms with van der Waals surface area (Å²) >= 11 is 1.72. The van der Waals surface area contributed by atoms with Crippen molar-refractivity contribution in [2.75, 3.05) is 6.61 Å². The number of carbonyl (C=O) groups excluding carboxylic acids is 1. The van der Waals surface area contributed by atoms with Gasteiger partial charge in [-0.15, -0.1) is 0 Å². The Hall–Kier alpha value is -2.27. The van der Waals surface area contributed by atoms with Crippen LogP contribution in [0.15, 0.2) is 69.5 Å². The van der Waals surface area contributed by atoms with E-state index in [9.17, 15) is 4.79 Å². The minimum Gasteiger partial charge on any atom is -0.433 e. The van der Waals surface area contributed by atoms with Gasteiger partial charge >= 0.3 is 6.16 Å². The van der Waals surface area contributed by atoms with Gasteiger partial charge in [-0.2, -0.15) is 0 Å². The molecule has 29 heavy (non-hydrogen) atoms. The lowest BCUT2D eigenvalue weighted by Gasteiger charge is -2.21. The van der Waals surface area contributed by atoms with Crippen LogP contribution in [0.3, 0.4) is 0 Å². The van der Waals surface area contributed by atoms with Crippen molar-refractivity contribution >= 4 is 23.6 Å². The van der Waals surface area contributed by atoms with Gasteiger partial charge in [0.2, 0.25) is 0 Å². The van der Waals surface area contributed by atoms with Crippen molar-refractivity contribution in [2.24, 2.45) is 11.1 Å². The Bertz CT molecular complexity index is 784. The quantitative estimate of drug-likeness (QED) is 0.202. The number of benzene rings is 2. The first-order chi connectivity index (χ1) is 14.2. The van der Waals surface area contributed by atoms with Crippen LogP contribution in [0.5, 0.6) is 0 Å². The molecule has 0 spiro atoms. The monoisotopic (exact) mass is 411 g/mol. The van der Waals surface area contributed by atoms with Gasteiger partial charge in [0.05, 0.1) is 12.3 Å². The Morgan fingerprint density at radius 3 is 2.38 bits per heavy atom. The highest BCUT2D eigenvalue weighted by Gasteiger charge is 2.16. The van der Waals surface area contributed by atoms with E-state index in [1.54, 1.807) is 18.7 Å². The molecule has 1 fully saturated rings. The van der Waals surface area contributed by atoms with Gasteiger partial charge in [0, 0.05) is 9.79 Å². The Balaban J connectivity index is 1.67. The molecule has 2 aromatic carbocycles. The maximum Gasteiger partial charge on any atom is 0.535 e. The van der Waals surface area contributed by atoms with Crippen molar-refractivity contribution in [3.05, 3.63) is 60.2 Å². The summed E-state index contributed by atoms with van der Waals surface area (Å²) in [6, 6.07) is 18.6. The summed E-state index contributed by atoms with van der Waals surface area (Å²) in [5, 5.41) is 4.15. The molecule has 0 bridgehead atoms. The Labute approximate surface area is 177 Å². The van der Waals surface area contributed by atoms with Gasteiger partial charge in [0.15, 0.2) is 0 Å². The van der Waals surface area contributed by atoms with Crippen LogP contribution in [0.2, 0.25) is 0 Å². The van der Waals surface area contributed by atoms with Crippen LogP contribution >= 0.6 is 11.8 Å². The van der Waals surface area contributed by atoms with Crippen molar-refractivity contribution in [2.45, 2.75) is 61.7 Å². The molecular weight excluding hydrogens is 382 g/mol. The molecule has 4 nitrogen and oxygen atoms in total. The highest BCUT2D eigenvalue weighted by Crippen LogP contribution is 2.30. The lowest BCUT2D eigenvalue weighted by molar-refractivity contribution is 0.0612. The number of hydrogen-bond donors (Lipinski definition) is 0. The first kappa shape index (κ1) is 21.4. The van der Waals surface area contributed by atoms with Crippen LogP contribution in [0, 0.1) is 5.92 Å². The summed E-state index contributed by atoms with van der Waals surface area (Å²) < 4.78 is 4.84. The predicted octanol–water partition coefficient (Wildman–Crippen LogP) is 7.08. The number of oxime groups is 1. The fourth-order valence-corrected chi connectivity index (χ4v) is 4.47. The van der Waals surface area contributed by atoms with Gasteiger partial charge in [-0.3, -0.25) is 4.84 Å². The van der Waals surface area contributed by atoms with E-state index in [0.29, 0.717) is 0 Å². The molecule has 1 aliphatic carbocycles. The Morgan fingerprint density at radius 2 is 1.69 bits per heavy atom. The first-order valence-corrected chi connectivity index (χ1v) is 11.3. The average molecular weight is 412 g/mol. The SMILES string of the molecule is CCOC(=O)ON=C(CCC1CCCCC1)c1ccc(Sc2ccccc2)cc1. The summed E-state index contributed by atoms with van der Waals surface area (Å²) in [6.07, 6.45) is 7.70. The molecule has 0 unspecified atom stereocenters. The topological polar surface area (TPSA) is 47.9 Å². The number of hydrogen-bond acceptors (Lipinski definition) is 5. The van der Waals surface area contributed by atoms with Gasteiger partial charge in [-0.05, 0) is 55.5 Å². The van der Waals surface area contributed by atoms with Crippen molar-refractivity contribution in [1.82, 2.24) is 0 Å². The van der Waals surface area contributed by atoms with E-state index in [-0.39, 0.29) is 6.61 Å². The summed E-state index contributed by atoms with van der Waals surface area (Å²) in [7, 11) is 0. The van der Waals surface area contributed by atoms with E-state index < -0.39 is 6.16 Å². The van der Waals surface area contributed by atoms with E-state index in [0.717, 1.165) is 34.9 Å². The minimum atomic E-state index is -0.751. The molecule has 0 radical (unpaired) electrons. The third-order valence-electron chi connectivity index (χ3n) is 5.17. The normalized spacial score (nSPS) is 15.1. The zero-order valence-electron chi connectivity index (χ0n) is 17.0. The van der Waals surface area contributed by atoms with Gasteiger partial charge in [0.25, 0.3) is 0 Å². The predicted molar refractivity (Wildman–Crippen MR) is 117 cm³/mol. The molecule has 1 saturated carbocycles. The molecule has 0 atom stereocenters. The van der Waals surface area contributed by atoms with Crippen molar-refractivity contribution in [3.8, 4) is 0 Å². The molecule has 0 aliphatic heterocycles. The van der Waals surface area contributed by atoms with Crippen LogP contribution in [0.1, 0.15) is 57.4 Å². The largest absolute Gasteiger partial charge is 0.535 e. The molecular formula is C24H29NO3S. The Morgan fingerprint density at radius 1 is 1.00 bits per heavy atom. The van der Waals surface area contributed by atoms with Crippen molar-refractivity contribution in [3.63, 3.8) is 0 Å². The van der Waals surface area contributed by atoms with Crippen LogP contribution < -0.4 is 0 Å². The lowest BCUT2D eigenvalue weighted by atomic mass is 9.85. The summed E-state index contributed by atoms with van der Waals surface area (Å²) in [5.74, 6) is 0.740. The second kappa shape index (κ2) is 11.7. The van der Waals surface area contributed by atoms with Crippen molar-refractivity contribution in [1.29, 1.82) is 0 Å². The fraction of sp³-hybridized carbons (Fsp3) is 0.417. The number of carbonyl (C=O) groups is 1. The van der Waals surface area contributed by atoms with Gasteiger partial charge in [-0.1, -0.05) is 79.4 Å². The molecule has 0 amide bonds. The van der Waals surface area contributed by atoms with Gasteiger partial charge in [0.1, 0.15) is 0 Å². The molecule has 154 valence electrons. The molecule has 5 heteroatoms. The summed E-state index contributed by atoms with van der Waals surface area (Å²) in [5.41, 5.74) is 1.79. The number of ether oxygens (including phenoxy) is 1. The second-order valence-electron chi connectivity index (χ2n) is 7.29. The third kappa shape index (κ3) is 7.24. The molecule has 0 aromatic heterocycles. The van der Waals surface area contributed by atoms with Gasteiger partial charge < -0.3 is 4.74 Å². The molecule has 0 N–H and O–H groups in total. The van der Waals surface area contributed by atoms with E-state index in [2.05, 4.69) is 41.6 Å².